The molecule has 1 fully saturated rings. The summed E-state index contributed by atoms with van der Waals surface area (Å²) in [6.45, 7) is 2.17. The van der Waals surface area contributed by atoms with Crippen molar-refractivity contribution in [1.82, 2.24) is 0 Å². The van der Waals surface area contributed by atoms with Crippen LogP contribution in [-0.2, 0) is 9.53 Å². The first-order chi connectivity index (χ1) is 5.38. The van der Waals surface area contributed by atoms with Crippen molar-refractivity contribution >= 4 is 6.29 Å². The van der Waals surface area contributed by atoms with E-state index in [0.717, 1.165) is 12.7 Å². The molecule has 2 atom stereocenters. The van der Waals surface area contributed by atoms with Crippen LogP contribution in [0.3, 0.4) is 0 Å². The van der Waals surface area contributed by atoms with E-state index in [1.165, 1.54) is 18.9 Å². The Balaban J connectivity index is 2.06. The summed E-state index contributed by atoms with van der Waals surface area (Å²) in [6, 6.07) is 0. The molecule has 0 amide bonds. The molecular formula is C9H14O2. The summed E-state index contributed by atoms with van der Waals surface area (Å²) in [5.74, 6) is 0. The zero-order valence-corrected chi connectivity index (χ0v) is 6.82. The number of rotatable bonds is 5. The average molecular weight is 154 g/mol. The van der Waals surface area contributed by atoms with Crippen LogP contribution in [0.5, 0.6) is 0 Å². The van der Waals surface area contributed by atoms with Crippen molar-refractivity contribution < 1.29 is 9.53 Å². The molecule has 0 bridgehead atoms. The predicted octanol–water partition coefficient (Wildman–Crippen LogP) is 1.70. The number of allylic oxidation sites excluding steroid dienone is 1. The van der Waals surface area contributed by atoms with Gasteiger partial charge >= 0.3 is 0 Å². The maximum absolute atomic E-state index is 9.92. The molecule has 1 rings (SSSR count). The van der Waals surface area contributed by atoms with Crippen molar-refractivity contribution in [2.45, 2.75) is 38.4 Å². The van der Waals surface area contributed by atoms with Crippen LogP contribution >= 0.6 is 0 Å². The second-order valence-electron chi connectivity index (χ2n) is 2.80. The number of hydrogen-bond acceptors (Lipinski definition) is 2. The predicted molar refractivity (Wildman–Crippen MR) is 43.4 cm³/mol. The van der Waals surface area contributed by atoms with Crippen molar-refractivity contribution in [2.75, 3.05) is 0 Å². The van der Waals surface area contributed by atoms with E-state index in [0.29, 0.717) is 6.10 Å². The van der Waals surface area contributed by atoms with Gasteiger partial charge in [-0.1, -0.05) is 25.8 Å². The normalized spacial score (nSPS) is 29.2. The van der Waals surface area contributed by atoms with E-state index in [1.54, 1.807) is 0 Å². The number of epoxide rings is 1. The lowest BCUT2D eigenvalue weighted by atomic mass is 10.1. The zero-order chi connectivity index (χ0) is 8.10. The molecule has 1 aliphatic heterocycles. The Morgan fingerprint density at radius 2 is 2.36 bits per heavy atom. The fourth-order valence-corrected chi connectivity index (χ4v) is 1.12. The number of unbranched alkanes of at least 4 members (excludes halogenated alkanes) is 1. The molecule has 1 heterocycles. The first-order valence-electron chi connectivity index (χ1n) is 4.16. The Labute approximate surface area is 67.2 Å². The molecule has 0 spiro atoms. The molecular weight excluding hydrogens is 140 g/mol. The van der Waals surface area contributed by atoms with E-state index < -0.39 is 0 Å². The van der Waals surface area contributed by atoms with Gasteiger partial charge in [0.05, 0.1) is 6.10 Å². The highest BCUT2D eigenvalue weighted by Crippen LogP contribution is 2.27. The van der Waals surface area contributed by atoms with E-state index in [2.05, 4.69) is 6.92 Å². The largest absolute Gasteiger partial charge is 0.365 e. The maximum atomic E-state index is 9.92. The monoisotopic (exact) mass is 154 g/mol. The lowest BCUT2D eigenvalue weighted by Gasteiger charge is -1.88. The summed E-state index contributed by atoms with van der Waals surface area (Å²) in [5.41, 5.74) is 0. The summed E-state index contributed by atoms with van der Waals surface area (Å²) in [4.78, 5) is 9.92. The third-order valence-electron chi connectivity index (χ3n) is 1.84. The lowest BCUT2D eigenvalue weighted by molar-refractivity contribution is -0.104. The number of carbonyl (C=O) groups is 1. The number of hydrogen-bond donors (Lipinski definition) is 0. The van der Waals surface area contributed by atoms with Crippen LogP contribution in [-0.4, -0.2) is 18.5 Å². The molecule has 0 aliphatic carbocycles. The van der Waals surface area contributed by atoms with Crippen molar-refractivity contribution in [2.24, 2.45) is 0 Å². The number of aldehydes is 1. The van der Waals surface area contributed by atoms with Gasteiger partial charge in [0.1, 0.15) is 12.4 Å². The van der Waals surface area contributed by atoms with Crippen LogP contribution in [0.15, 0.2) is 12.2 Å². The third-order valence-corrected chi connectivity index (χ3v) is 1.84. The first kappa shape index (κ1) is 8.47. The quantitative estimate of drug-likeness (QED) is 0.342. The Bertz CT molecular complexity index is 152. The van der Waals surface area contributed by atoms with Crippen LogP contribution in [0.1, 0.15) is 26.2 Å². The van der Waals surface area contributed by atoms with E-state index in [1.807, 2.05) is 6.08 Å². The van der Waals surface area contributed by atoms with Crippen molar-refractivity contribution in [3.63, 3.8) is 0 Å². The lowest BCUT2D eigenvalue weighted by Crippen LogP contribution is -1.89. The number of carbonyl (C=O) groups excluding carboxylic acids is 1. The van der Waals surface area contributed by atoms with Gasteiger partial charge in [-0.3, -0.25) is 4.79 Å². The molecule has 0 aromatic carbocycles. The molecule has 2 nitrogen and oxygen atoms in total. The van der Waals surface area contributed by atoms with Crippen LogP contribution < -0.4 is 0 Å². The van der Waals surface area contributed by atoms with Gasteiger partial charge in [0.15, 0.2) is 0 Å². The van der Waals surface area contributed by atoms with Crippen molar-refractivity contribution in [1.29, 1.82) is 0 Å². The fraction of sp³-hybridized carbons (Fsp3) is 0.667. The Hall–Kier alpha value is -0.630. The smallest absolute Gasteiger partial charge is 0.142 e. The summed E-state index contributed by atoms with van der Waals surface area (Å²) in [5, 5.41) is 0. The average Bonchev–Trinajstić information content (AvgIpc) is 2.76. The topological polar surface area (TPSA) is 29.6 Å². The highest BCUT2D eigenvalue weighted by atomic mass is 16.6. The molecule has 0 aromatic rings. The molecule has 11 heavy (non-hydrogen) atoms. The van der Waals surface area contributed by atoms with Crippen LogP contribution in [0.4, 0.5) is 0 Å². The van der Waals surface area contributed by atoms with Crippen LogP contribution in [0.25, 0.3) is 0 Å². The minimum atomic E-state index is 0.228. The molecule has 0 saturated carbocycles. The standard InChI is InChI=1S/C9H14O2/c1-2-3-5-8-9(11-8)6-4-7-10/h4,6-9H,2-3,5H2,1H3. The maximum Gasteiger partial charge on any atom is 0.142 e. The van der Waals surface area contributed by atoms with E-state index >= 15 is 0 Å². The summed E-state index contributed by atoms with van der Waals surface area (Å²) >= 11 is 0. The van der Waals surface area contributed by atoms with Crippen LogP contribution in [0.2, 0.25) is 0 Å². The van der Waals surface area contributed by atoms with E-state index in [9.17, 15) is 4.79 Å². The van der Waals surface area contributed by atoms with Gasteiger partial charge in [-0.15, -0.1) is 0 Å². The Morgan fingerprint density at radius 3 is 3.00 bits per heavy atom. The molecule has 2 unspecified atom stereocenters. The van der Waals surface area contributed by atoms with Gasteiger partial charge in [-0.25, -0.2) is 0 Å². The third kappa shape index (κ3) is 2.85. The minimum Gasteiger partial charge on any atom is -0.365 e. The molecule has 1 saturated heterocycles. The molecule has 0 aromatic heterocycles. The van der Waals surface area contributed by atoms with Gasteiger partial charge in [-0.2, -0.15) is 0 Å². The molecule has 2 heteroatoms. The van der Waals surface area contributed by atoms with Gasteiger partial charge in [-0.05, 0) is 12.5 Å². The Morgan fingerprint density at radius 1 is 1.55 bits per heavy atom. The second kappa shape index (κ2) is 4.29. The zero-order valence-electron chi connectivity index (χ0n) is 6.82. The fourth-order valence-electron chi connectivity index (χ4n) is 1.12. The summed E-state index contributed by atoms with van der Waals surface area (Å²) < 4.78 is 5.28. The van der Waals surface area contributed by atoms with E-state index in [4.69, 9.17) is 4.74 Å². The summed E-state index contributed by atoms with van der Waals surface area (Å²) in [7, 11) is 0. The van der Waals surface area contributed by atoms with E-state index in [-0.39, 0.29) is 6.10 Å². The van der Waals surface area contributed by atoms with Crippen molar-refractivity contribution in [3.05, 3.63) is 12.2 Å². The van der Waals surface area contributed by atoms with Gasteiger partial charge in [0, 0.05) is 0 Å². The Kier molecular flexibility index (Phi) is 3.30. The van der Waals surface area contributed by atoms with Crippen molar-refractivity contribution in [3.8, 4) is 0 Å². The molecule has 0 radical (unpaired) electrons. The van der Waals surface area contributed by atoms with Crippen LogP contribution in [0, 0.1) is 0 Å². The SMILES string of the molecule is CCCCC1OC1C=CC=O. The van der Waals surface area contributed by atoms with Gasteiger partial charge < -0.3 is 4.74 Å². The summed E-state index contributed by atoms with van der Waals surface area (Å²) in [6.07, 6.45) is 8.31. The minimum absolute atomic E-state index is 0.228. The highest BCUT2D eigenvalue weighted by Gasteiger charge is 2.35. The highest BCUT2D eigenvalue weighted by molar-refractivity contribution is 5.64. The number of ether oxygens (including phenoxy) is 1. The molecule has 62 valence electrons. The molecule has 0 N–H and O–H groups in total. The second-order valence-corrected chi connectivity index (χ2v) is 2.80. The molecule has 1 aliphatic rings. The first-order valence-corrected chi connectivity index (χ1v) is 4.16. The van der Waals surface area contributed by atoms with Gasteiger partial charge in [0.2, 0.25) is 0 Å². The van der Waals surface area contributed by atoms with Gasteiger partial charge in [0.25, 0.3) is 0 Å².